The maximum atomic E-state index is 14.3. The van der Waals surface area contributed by atoms with Gasteiger partial charge in [0.25, 0.3) is 5.91 Å². The fourth-order valence-corrected chi connectivity index (χ4v) is 5.03. The van der Waals surface area contributed by atoms with Crippen molar-refractivity contribution in [1.82, 2.24) is 14.9 Å². The number of H-pyrrole nitrogens is 1. The zero-order valence-corrected chi connectivity index (χ0v) is 22.9. The first-order chi connectivity index (χ1) is 21.0. The molecule has 1 amide bonds. The van der Waals surface area contributed by atoms with Crippen LogP contribution in [-0.4, -0.2) is 57.7 Å². The van der Waals surface area contributed by atoms with Crippen molar-refractivity contribution in [1.29, 1.82) is 5.26 Å². The first-order valence-corrected chi connectivity index (χ1v) is 13.6. The van der Waals surface area contributed by atoms with Crippen molar-refractivity contribution in [3.63, 3.8) is 0 Å². The van der Waals surface area contributed by atoms with E-state index in [-0.39, 0.29) is 19.1 Å². The SMILES string of the molecule is N#Cc1ccc(OCC2CN(Cc3c[nH]c4ccccc34)C(=O)c3c(ccnc3-c3ccc(OCC(=O)O)cc3)O2)cc1. The molecule has 0 saturated heterocycles. The average molecular weight is 575 g/mol. The van der Waals surface area contributed by atoms with Crippen LogP contribution in [-0.2, 0) is 11.3 Å². The molecule has 5 aromatic rings. The third kappa shape index (κ3) is 5.96. The lowest BCUT2D eigenvalue weighted by Gasteiger charge is -2.24. The number of carbonyl (C=O) groups excluding carboxylic acids is 1. The van der Waals surface area contributed by atoms with Gasteiger partial charge in [-0.15, -0.1) is 0 Å². The Morgan fingerprint density at radius 3 is 2.56 bits per heavy atom. The van der Waals surface area contributed by atoms with Gasteiger partial charge >= 0.3 is 5.97 Å². The lowest BCUT2D eigenvalue weighted by atomic mass is 10.0. The zero-order valence-electron chi connectivity index (χ0n) is 22.9. The monoisotopic (exact) mass is 574 g/mol. The number of carboxylic acids is 1. The maximum Gasteiger partial charge on any atom is 0.341 e. The Hall–Kier alpha value is -5.82. The normalized spacial score (nSPS) is 14.3. The van der Waals surface area contributed by atoms with Crippen molar-refractivity contribution in [3.05, 3.63) is 108 Å². The molecule has 1 aliphatic rings. The van der Waals surface area contributed by atoms with Gasteiger partial charge in [0, 0.05) is 35.4 Å². The molecule has 10 nitrogen and oxygen atoms in total. The van der Waals surface area contributed by atoms with Gasteiger partial charge in [-0.05, 0) is 66.2 Å². The highest BCUT2D eigenvalue weighted by Crippen LogP contribution is 2.34. The second-order valence-electron chi connectivity index (χ2n) is 9.97. The molecule has 0 bridgehead atoms. The van der Waals surface area contributed by atoms with Crippen LogP contribution in [0.5, 0.6) is 17.2 Å². The molecule has 1 atom stereocenters. The molecule has 0 spiro atoms. The van der Waals surface area contributed by atoms with Gasteiger partial charge in [0.05, 0.1) is 23.9 Å². The number of hydrogen-bond acceptors (Lipinski definition) is 7. The molecule has 1 aliphatic heterocycles. The van der Waals surface area contributed by atoms with Crippen molar-refractivity contribution in [3.8, 4) is 34.6 Å². The molecule has 214 valence electrons. The van der Waals surface area contributed by atoms with Crippen molar-refractivity contribution in [2.75, 3.05) is 19.8 Å². The summed E-state index contributed by atoms with van der Waals surface area (Å²) in [6, 6.07) is 25.2. The maximum absolute atomic E-state index is 14.3. The quantitative estimate of drug-likeness (QED) is 0.250. The number of carboxylic acid groups (broad SMARTS) is 1. The number of fused-ring (bicyclic) bond motifs is 2. The van der Waals surface area contributed by atoms with Crippen LogP contribution in [0.1, 0.15) is 21.5 Å². The van der Waals surface area contributed by atoms with E-state index in [1.807, 2.05) is 30.5 Å². The van der Waals surface area contributed by atoms with Gasteiger partial charge in [-0.1, -0.05) is 18.2 Å². The Balaban J connectivity index is 1.33. The van der Waals surface area contributed by atoms with Gasteiger partial charge in [-0.2, -0.15) is 5.26 Å². The standard InChI is InChI=1S/C33H26N4O6/c34-15-21-5-9-24(10-6-21)41-19-26-18-37(17-23-16-36-28-4-2-1-3-27(23)28)33(40)31-29(43-26)13-14-35-32(31)22-7-11-25(12-8-22)42-20-30(38)39/h1-14,16,26,36H,17-20H2,(H,38,39). The smallest absolute Gasteiger partial charge is 0.341 e. The summed E-state index contributed by atoms with van der Waals surface area (Å²) in [6.45, 7) is 0.287. The van der Waals surface area contributed by atoms with Crippen LogP contribution >= 0.6 is 0 Å². The summed E-state index contributed by atoms with van der Waals surface area (Å²) in [5, 5.41) is 19.0. The summed E-state index contributed by atoms with van der Waals surface area (Å²) in [7, 11) is 0. The van der Waals surface area contributed by atoms with Crippen LogP contribution in [0.2, 0.25) is 0 Å². The summed E-state index contributed by atoms with van der Waals surface area (Å²) in [4.78, 5) is 34.7. The molecular weight excluding hydrogens is 548 g/mol. The van der Waals surface area contributed by atoms with Gasteiger partial charge in [-0.25, -0.2) is 4.79 Å². The number of aromatic amines is 1. The molecule has 0 radical (unpaired) electrons. The van der Waals surface area contributed by atoms with E-state index in [0.29, 0.717) is 46.2 Å². The molecule has 2 N–H and O–H groups in total. The number of para-hydroxylation sites is 1. The highest BCUT2D eigenvalue weighted by Gasteiger charge is 2.33. The van der Waals surface area contributed by atoms with Crippen LogP contribution in [0.3, 0.4) is 0 Å². The number of pyridine rings is 1. The number of amides is 1. The van der Waals surface area contributed by atoms with Gasteiger partial charge in [0.15, 0.2) is 12.7 Å². The third-order valence-electron chi connectivity index (χ3n) is 7.08. The molecule has 3 heterocycles. The van der Waals surface area contributed by atoms with Crippen molar-refractivity contribution >= 4 is 22.8 Å². The number of nitriles is 1. The van der Waals surface area contributed by atoms with Crippen LogP contribution in [0.25, 0.3) is 22.2 Å². The second-order valence-corrected chi connectivity index (χ2v) is 9.97. The highest BCUT2D eigenvalue weighted by atomic mass is 16.5. The van der Waals surface area contributed by atoms with E-state index in [4.69, 9.17) is 24.6 Å². The number of aromatic nitrogens is 2. The molecule has 2 aromatic heterocycles. The Morgan fingerprint density at radius 2 is 1.79 bits per heavy atom. The number of ether oxygens (including phenoxy) is 3. The molecule has 3 aromatic carbocycles. The Bertz CT molecular complexity index is 1830. The summed E-state index contributed by atoms with van der Waals surface area (Å²) in [5.74, 6) is 0.0420. The van der Waals surface area contributed by atoms with Crippen LogP contribution in [0.15, 0.2) is 91.3 Å². The van der Waals surface area contributed by atoms with E-state index in [1.165, 1.54) is 0 Å². The van der Waals surface area contributed by atoms with E-state index in [2.05, 4.69) is 16.0 Å². The van der Waals surface area contributed by atoms with Gasteiger partial charge in [0.1, 0.15) is 29.4 Å². The molecule has 0 saturated carbocycles. The fraction of sp³-hybridized carbons (Fsp3) is 0.152. The zero-order chi connectivity index (χ0) is 29.8. The first-order valence-electron chi connectivity index (χ1n) is 13.6. The van der Waals surface area contributed by atoms with E-state index in [9.17, 15) is 9.59 Å². The van der Waals surface area contributed by atoms with Crippen LogP contribution in [0, 0.1) is 11.3 Å². The Kier molecular flexibility index (Phi) is 7.61. The van der Waals surface area contributed by atoms with Gasteiger partial charge < -0.3 is 29.2 Å². The third-order valence-corrected chi connectivity index (χ3v) is 7.08. The van der Waals surface area contributed by atoms with E-state index in [1.54, 1.807) is 65.7 Å². The number of aliphatic carboxylic acids is 1. The predicted molar refractivity (Wildman–Crippen MR) is 157 cm³/mol. The molecule has 43 heavy (non-hydrogen) atoms. The molecule has 6 rings (SSSR count). The fourth-order valence-electron chi connectivity index (χ4n) is 5.03. The number of rotatable bonds is 9. The van der Waals surface area contributed by atoms with E-state index >= 15 is 0 Å². The second kappa shape index (κ2) is 12.0. The lowest BCUT2D eigenvalue weighted by Crippen LogP contribution is -2.39. The summed E-state index contributed by atoms with van der Waals surface area (Å²) < 4.78 is 17.7. The lowest BCUT2D eigenvalue weighted by molar-refractivity contribution is -0.139. The van der Waals surface area contributed by atoms with E-state index < -0.39 is 18.7 Å². The van der Waals surface area contributed by atoms with Crippen molar-refractivity contribution in [2.24, 2.45) is 0 Å². The van der Waals surface area contributed by atoms with E-state index in [0.717, 1.165) is 16.5 Å². The van der Waals surface area contributed by atoms with Gasteiger partial charge in [0.2, 0.25) is 0 Å². The van der Waals surface area contributed by atoms with Crippen LogP contribution < -0.4 is 14.2 Å². The minimum absolute atomic E-state index is 0.163. The Morgan fingerprint density at radius 1 is 1.05 bits per heavy atom. The summed E-state index contributed by atoms with van der Waals surface area (Å²) in [6.07, 6.45) is 2.99. The number of nitrogens with zero attached hydrogens (tertiary/aromatic N) is 3. The molecule has 0 fully saturated rings. The topological polar surface area (TPSA) is 138 Å². The summed E-state index contributed by atoms with van der Waals surface area (Å²) in [5.41, 5.74) is 3.88. The number of benzene rings is 3. The average Bonchev–Trinajstić information content (AvgIpc) is 3.38. The van der Waals surface area contributed by atoms with Crippen molar-refractivity contribution < 1.29 is 28.9 Å². The molecule has 0 aliphatic carbocycles. The summed E-state index contributed by atoms with van der Waals surface area (Å²) >= 11 is 0. The minimum atomic E-state index is -1.07. The predicted octanol–water partition coefficient (Wildman–Crippen LogP) is 5.05. The Labute approximate surface area is 246 Å². The minimum Gasteiger partial charge on any atom is -0.490 e. The number of carbonyl (C=O) groups is 2. The van der Waals surface area contributed by atoms with Crippen LogP contribution in [0.4, 0.5) is 0 Å². The van der Waals surface area contributed by atoms with Crippen molar-refractivity contribution in [2.45, 2.75) is 12.6 Å². The molecule has 1 unspecified atom stereocenters. The molecular formula is C33H26N4O6. The highest BCUT2D eigenvalue weighted by molar-refractivity contribution is 6.03. The molecule has 10 heteroatoms. The van der Waals surface area contributed by atoms with Gasteiger partial charge in [-0.3, -0.25) is 9.78 Å². The number of hydrogen-bond donors (Lipinski definition) is 2. The first kappa shape index (κ1) is 27.4. The largest absolute Gasteiger partial charge is 0.490 e. The number of nitrogens with one attached hydrogen (secondary N) is 1.